The summed E-state index contributed by atoms with van der Waals surface area (Å²) in [6, 6.07) is 0. The van der Waals surface area contributed by atoms with E-state index in [0.29, 0.717) is 5.92 Å². The molecule has 0 aliphatic heterocycles. The molecule has 0 amide bonds. The van der Waals surface area contributed by atoms with Crippen LogP contribution >= 0.6 is 23.1 Å². The Kier molecular flexibility index (Phi) is 5.95. The van der Waals surface area contributed by atoms with Gasteiger partial charge in [0.15, 0.2) is 0 Å². The number of hydrogen-bond donors (Lipinski definition) is 1. The van der Waals surface area contributed by atoms with Crippen LogP contribution in [0.5, 0.6) is 0 Å². The first-order valence-electron chi connectivity index (χ1n) is 5.36. The van der Waals surface area contributed by atoms with Crippen LogP contribution in [0.1, 0.15) is 32.0 Å². The van der Waals surface area contributed by atoms with Crippen LogP contribution in [-0.4, -0.2) is 21.8 Å². The third-order valence-electron chi connectivity index (χ3n) is 2.28. The van der Waals surface area contributed by atoms with E-state index >= 15 is 0 Å². The van der Waals surface area contributed by atoms with E-state index in [1.807, 2.05) is 6.92 Å². The Morgan fingerprint density at radius 1 is 1.47 bits per heavy atom. The van der Waals surface area contributed by atoms with E-state index in [2.05, 4.69) is 21.6 Å². The number of hydrogen-bond acceptors (Lipinski definition) is 4. The lowest BCUT2D eigenvalue weighted by atomic mass is 10.0. The van der Waals surface area contributed by atoms with Gasteiger partial charge in [-0.2, -0.15) is 4.37 Å². The number of nitrogens with one attached hydrogen (secondary N) is 1. The van der Waals surface area contributed by atoms with Gasteiger partial charge in [0, 0.05) is 24.0 Å². The van der Waals surface area contributed by atoms with Crippen molar-refractivity contribution in [1.82, 2.24) is 9.36 Å². The third kappa shape index (κ3) is 4.80. The fraction of sp³-hybridized carbons (Fsp3) is 0.800. The van der Waals surface area contributed by atoms with Gasteiger partial charge in [0.05, 0.1) is 0 Å². The van der Waals surface area contributed by atoms with Crippen LogP contribution < -0.4 is 5.32 Å². The molecule has 1 heterocycles. The van der Waals surface area contributed by atoms with Crippen molar-refractivity contribution in [2.75, 3.05) is 17.7 Å². The summed E-state index contributed by atoms with van der Waals surface area (Å²) in [6.07, 6.45) is 3.50. The fourth-order valence-electron chi connectivity index (χ4n) is 1.51. The largest absolute Gasteiger partial charge is 0.360 e. The average molecular weight is 248 g/mol. The maximum atomic E-state index is 5.76. The summed E-state index contributed by atoms with van der Waals surface area (Å²) in [6.45, 7) is 5.06. The van der Waals surface area contributed by atoms with Crippen LogP contribution in [0.3, 0.4) is 0 Å². The molecular formula is C10H18ClN3S. The van der Waals surface area contributed by atoms with Gasteiger partial charge in [-0.15, -0.1) is 11.6 Å². The van der Waals surface area contributed by atoms with E-state index in [-0.39, 0.29) is 0 Å². The van der Waals surface area contributed by atoms with Gasteiger partial charge >= 0.3 is 0 Å². The first kappa shape index (κ1) is 12.7. The van der Waals surface area contributed by atoms with Crippen molar-refractivity contribution in [2.24, 2.45) is 5.92 Å². The molecule has 15 heavy (non-hydrogen) atoms. The number of nitrogens with zero attached hydrogens (tertiary/aromatic N) is 2. The molecule has 0 aliphatic rings. The van der Waals surface area contributed by atoms with Crippen molar-refractivity contribution in [2.45, 2.75) is 33.1 Å². The molecule has 1 N–H and O–H groups in total. The molecule has 0 fully saturated rings. The van der Waals surface area contributed by atoms with Gasteiger partial charge in [-0.05, 0) is 25.7 Å². The van der Waals surface area contributed by atoms with Gasteiger partial charge in [0.25, 0.3) is 0 Å². The molecule has 86 valence electrons. The zero-order chi connectivity index (χ0) is 11.1. The molecule has 1 atom stereocenters. The lowest BCUT2D eigenvalue weighted by Gasteiger charge is -2.14. The molecule has 3 nitrogen and oxygen atoms in total. The van der Waals surface area contributed by atoms with Gasteiger partial charge in [-0.3, -0.25) is 0 Å². The first-order valence-corrected chi connectivity index (χ1v) is 6.67. The molecule has 0 aromatic carbocycles. The van der Waals surface area contributed by atoms with Crippen molar-refractivity contribution in [1.29, 1.82) is 0 Å². The summed E-state index contributed by atoms with van der Waals surface area (Å²) in [5, 5.41) is 4.24. The molecule has 1 unspecified atom stereocenters. The minimum absolute atomic E-state index is 0.650. The van der Waals surface area contributed by atoms with Crippen LogP contribution in [0.25, 0.3) is 0 Å². The fourth-order valence-corrected chi connectivity index (χ4v) is 2.40. The smallest absolute Gasteiger partial charge is 0.202 e. The molecule has 1 rings (SSSR count). The predicted molar refractivity (Wildman–Crippen MR) is 66.9 cm³/mol. The van der Waals surface area contributed by atoms with Crippen molar-refractivity contribution < 1.29 is 0 Å². The number of aromatic nitrogens is 2. The minimum Gasteiger partial charge on any atom is -0.360 e. The van der Waals surface area contributed by atoms with Crippen LogP contribution in [0, 0.1) is 12.8 Å². The average Bonchev–Trinajstić information content (AvgIpc) is 2.61. The number of rotatable bonds is 7. The van der Waals surface area contributed by atoms with Crippen LogP contribution in [-0.2, 0) is 0 Å². The monoisotopic (exact) mass is 247 g/mol. The molecule has 0 radical (unpaired) electrons. The second-order valence-corrected chi connectivity index (χ2v) is 4.79. The maximum Gasteiger partial charge on any atom is 0.202 e. The molecule has 0 aliphatic carbocycles. The van der Waals surface area contributed by atoms with Crippen LogP contribution in [0.15, 0.2) is 0 Å². The van der Waals surface area contributed by atoms with E-state index < -0.39 is 0 Å². The Balaban J connectivity index is 2.32. The quantitative estimate of drug-likeness (QED) is 0.752. The summed E-state index contributed by atoms with van der Waals surface area (Å²) >= 11 is 7.19. The van der Waals surface area contributed by atoms with E-state index in [1.165, 1.54) is 24.4 Å². The summed E-state index contributed by atoms with van der Waals surface area (Å²) in [7, 11) is 0. The van der Waals surface area contributed by atoms with E-state index in [1.54, 1.807) is 0 Å². The second-order valence-electron chi connectivity index (χ2n) is 3.66. The third-order valence-corrected chi connectivity index (χ3v) is 3.27. The summed E-state index contributed by atoms with van der Waals surface area (Å²) in [4.78, 5) is 4.27. The molecule has 1 aromatic heterocycles. The Morgan fingerprint density at radius 3 is 2.80 bits per heavy atom. The standard InChI is InChI=1S/C10H18ClN3S/c1-3-4-9(5-6-11)7-12-10-13-8(2)14-15-10/h9H,3-7H2,1-2H3,(H,12,13,14). The molecule has 0 spiro atoms. The number of anilines is 1. The van der Waals surface area contributed by atoms with Gasteiger partial charge in [0.1, 0.15) is 5.82 Å². The van der Waals surface area contributed by atoms with Crippen molar-refractivity contribution in [3.05, 3.63) is 5.82 Å². The van der Waals surface area contributed by atoms with Gasteiger partial charge in [-0.25, -0.2) is 4.98 Å². The van der Waals surface area contributed by atoms with Crippen LogP contribution in [0.2, 0.25) is 0 Å². The van der Waals surface area contributed by atoms with Crippen molar-refractivity contribution in [3.63, 3.8) is 0 Å². The van der Waals surface area contributed by atoms with Crippen LogP contribution in [0.4, 0.5) is 5.13 Å². The summed E-state index contributed by atoms with van der Waals surface area (Å²) in [5.41, 5.74) is 0. The highest BCUT2D eigenvalue weighted by atomic mass is 35.5. The van der Waals surface area contributed by atoms with Gasteiger partial charge < -0.3 is 5.32 Å². The Bertz CT molecular complexity index is 271. The number of halogens is 1. The second kappa shape index (κ2) is 7.01. The summed E-state index contributed by atoms with van der Waals surface area (Å²) in [5.74, 6) is 2.23. The lowest BCUT2D eigenvalue weighted by Crippen LogP contribution is -2.14. The Hall–Kier alpha value is -0.350. The molecule has 0 bridgehead atoms. The first-order chi connectivity index (χ1) is 7.26. The minimum atomic E-state index is 0.650. The van der Waals surface area contributed by atoms with Gasteiger partial charge in [0.2, 0.25) is 5.13 Å². The maximum absolute atomic E-state index is 5.76. The zero-order valence-corrected chi connectivity index (χ0v) is 10.9. The SMILES string of the molecule is CCCC(CCCl)CNc1nc(C)ns1. The highest BCUT2D eigenvalue weighted by Crippen LogP contribution is 2.15. The highest BCUT2D eigenvalue weighted by Gasteiger charge is 2.08. The van der Waals surface area contributed by atoms with E-state index in [9.17, 15) is 0 Å². The van der Waals surface area contributed by atoms with E-state index in [0.717, 1.165) is 29.8 Å². The highest BCUT2D eigenvalue weighted by molar-refractivity contribution is 7.09. The van der Waals surface area contributed by atoms with Gasteiger partial charge in [-0.1, -0.05) is 13.3 Å². The Labute approximate surface area is 100 Å². The molecule has 0 saturated carbocycles. The summed E-state index contributed by atoms with van der Waals surface area (Å²) < 4.78 is 4.13. The topological polar surface area (TPSA) is 37.8 Å². The lowest BCUT2D eigenvalue weighted by molar-refractivity contribution is 0.490. The number of alkyl halides is 1. The van der Waals surface area contributed by atoms with E-state index in [4.69, 9.17) is 11.6 Å². The normalized spacial score (nSPS) is 12.7. The molecule has 5 heteroatoms. The molecule has 1 aromatic rings. The van der Waals surface area contributed by atoms with Crippen molar-refractivity contribution in [3.8, 4) is 0 Å². The Morgan fingerprint density at radius 2 is 2.27 bits per heavy atom. The molecular weight excluding hydrogens is 230 g/mol. The number of aryl methyl sites for hydroxylation is 1. The zero-order valence-electron chi connectivity index (χ0n) is 9.29. The predicted octanol–water partition coefficient (Wildman–Crippen LogP) is 3.30. The van der Waals surface area contributed by atoms with Crippen molar-refractivity contribution >= 4 is 28.3 Å². The molecule has 0 saturated heterocycles.